The van der Waals surface area contributed by atoms with Crippen molar-refractivity contribution in [1.29, 1.82) is 0 Å². The first-order valence-electron chi connectivity index (χ1n) is 9.08. The fourth-order valence-electron chi connectivity index (χ4n) is 3.15. The summed E-state index contributed by atoms with van der Waals surface area (Å²) in [5, 5.41) is 32.8. The van der Waals surface area contributed by atoms with E-state index in [4.69, 9.17) is 5.73 Å². The number of amides is 1. The van der Waals surface area contributed by atoms with E-state index in [0.717, 1.165) is 6.42 Å². The van der Waals surface area contributed by atoms with Crippen molar-refractivity contribution in [1.82, 2.24) is 10.2 Å². The van der Waals surface area contributed by atoms with Crippen molar-refractivity contribution in [3.8, 4) is 0 Å². The topological polar surface area (TPSA) is 136 Å². The lowest BCUT2D eigenvalue weighted by atomic mass is 9.97. The van der Waals surface area contributed by atoms with E-state index in [9.17, 15) is 24.9 Å². The molecule has 1 saturated heterocycles. The van der Waals surface area contributed by atoms with Gasteiger partial charge < -0.3 is 26.0 Å². The molecule has 25 heavy (non-hydrogen) atoms. The number of rotatable bonds is 9. The fourth-order valence-corrected chi connectivity index (χ4v) is 3.15. The average molecular weight is 359 g/mol. The number of carbonyl (C=O) groups excluding carboxylic acids is 1. The Hall–Kier alpha value is -1.22. The Morgan fingerprint density at radius 2 is 1.80 bits per heavy atom. The molecule has 0 aromatic heterocycles. The number of hydrogen-bond acceptors (Lipinski definition) is 6. The highest BCUT2D eigenvalue weighted by molar-refractivity contribution is 5.82. The third kappa shape index (κ3) is 5.13. The summed E-state index contributed by atoms with van der Waals surface area (Å²) >= 11 is 0. The molecule has 146 valence electrons. The molecule has 1 fully saturated rings. The number of aliphatic hydroxyl groups is 2. The van der Waals surface area contributed by atoms with Crippen molar-refractivity contribution in [2.75, 3.05) is 6.54 Å². The minimum atomic E-state index is -2.49. The summed E-state index contributed by atoms with van der Waals surface area (Å²) in [5.74, 6) is -4.31. The van der Waals surface area contributed by atoms with Gasteiger partial charge in [0.25, 0.3) is 0 Å². The maximum atomic E-state index is 12.6. The smallest absolute Gasteiger partial charge is 0.321 e. The van der Waals surface area contributed by atoms with Crippen molar-refractivity contribution in [2.45, 2.75) is 77.4 Å². The number of carboxylic acids is 1. The zero-order chi connectivity index (χ0) is 19.4. The minimum Gasteiger partial charge on any atom is -0.480 e. The van der Waals surface area contributed by atoms with E-state index in [0.29, 0.717) is 25.8 Å². The number of carbonyl (C=O) groups is 2. The van der Waals surface area contributed by atoms with Crippen molar-refractivity contribution in [3.63, 3.8) is 0 Å². The first kappa shape index (κ1) is 21.8. The monoisotopic (exact) mass is 359 g/mol. The molecule has 0 aromatic carbocycles. The Labute approximate surface area is 149 Å². The highest BCUT2D eigenvalue weighted by Crippen LogP contribution is 2.27. The second-order valence-corrected chi connectivity index (χ2v) is 7.17. The van der Waals surface area contributed by atoms with Crippen LogP contribution in [0.1, 0.15) is 53.4 Å². The molecule has 1 aliphatic rings. The van der Waals surface area contributed by atoms with Gasteiger partial charge in [-0.15, -0.1) is 0 Å². The molecule has 8 heteroatoms. The Bertz CT molecular complexity index is 471. The van der Waals surface area contributed by atoms with Crippen molar-refractivity contribution < 1.29 is 24.9 Å². The SMILES string of the molecule is CC[C@H](C)[C@H](N)C(=O)N1CCC[C@H]1C(O)(O)N[C@H](C(=O)O)[C@@H](C)CC. The maximum Gasteiger partial charge on any atom is 0.321 e. The van der Waals surface area contributed by atoms with Gasteiger partial charge in [0.05, 0.1) is 6.04 Å². The molecular formula is C17H33N3O5. The summed E-state index contributed by atoms with van der Waals surface area (Å²) in [5.41, 5.74) is 6.01. The van der Waals surface area contributed by atoms with E-state index in [-0.39, 0.29) is 17.7 Å². The summed E-state index contributed by atoms with van der Waals surface area (Å²) in [7, 11) is 0. The predicted molar refractivity (Wildman–Crippen MR) is 93.3 cm³/mol. The molecule has 0 saturated carbocycles. The molecule has 8 nitrogen and oxygen atoms in total. The molecule has 0 aromatic rings. The largest absolute Gasteiger partial charge is 0.480 e. The first-order chi connectivity index (χ1) is 11.6. The summed E-state index contributed by atoms with van der Waals surface area (Å²) in [4.78, 5) is 25.5. The normalized spacial score (nSPS) is 23.2. The van der Waals surface area contributed by atoms with Crippen LogP contribution < -0.4 is 11.1 Å². The van der Waals surface area contributed by atoms with Crippen LogP contribution in [0.2, 0.25) is 0 Å². The molecular weight excluding hydrogens is 326 g/mol. The predicted octanol–water partition coefficient (Wildman–Crippen LogP) is 0.0781. The lowest BCUT2D eigenvalue weighted by molar-refractivity contribution is -0.231. The van der Waals surface area contributed by atoms with Crippen LogP contribution in [0.15, 0.2) is 0 Å². The Morgan fingerprint density at radius 1 is 1.24 bits per heavy atom. The van der Waals surface area contributed by atoms with Crippen LogP contribution in [0.5, 0.6) is 0 Å². The molecule has 6 N–H and O–H groups in total. The van der Waals surface area contributed by atoms with Gasteiger partial charge in [0, 0.05) is 6.54 Å². The summed E-state index contributed by atoms with van der Waals surface area (Å²) < 4.78 is 0. The van der Waals surface area contributed by atoms with Crippen LogP contribution in [0.3, 0.4) is 0 Å². The molecule has 0 bridgehead atoms. The number of nitrogens with zero attached hydrogens (tertiary/aromatic N) is 1. The molecule has 0 aliphatic carbocycles. The lowest BCUT2D eigenvalue weighted by Crippen LogP contribution is -2.66. The Morgan fingerprint density at radius 3 is 2.28 bits per heavy atom. The van der Waals surface area contributed by atoms with Gasteiger partial charge in [0.2, 0.25) is 11.8 Å². The van der Waals surface area contributed by atoms with Crippen LogP contribution in [0.4, 0.5) is 0 Å². The standard InChI is InChI=1S/C17H33N3O5/c1-5-10(3)13(18)15(21)20-9-7-8-12(20)17(24,25)19-14(16(22)23)11(4)6-2/h10-14,19,24-25H,5-9,18H2,1-4H3,(H,22,23)/t10-,11-,12-,13-,14-/m0/s1. The van der Waals surface area contributed by atoms with Crippen LogP contribution >= 0.6 is 0 Å². The van der Waals surface area contributed by atoms with Crippen LogP contribution in [-0.4, -0.2) is 62.7 Å². The summed E-state index contributed by atoms with van der Waals surface area (Å²) in [6.45, 7) is 7.74. The Balaban J connectivity index is 2.94. The number of hydrogen-bond donors (Lipinski definition) is 5. The second kappa shape index (κ2) is 8.93. The number of nitrogens with two attached hydrogens (primary N) is 1. The van der Waals surface area contributed by atoms with E-state index in [1.165, 1.54) is 4.90 Å². The van der Waals surface area contributed by atoms with Crippen LogP contribution in [-0.2, 0) is 9.59 Å². The van der Waals surface area contributed by atoms with Gasteiger partial charge in [-0.3, -0.25) is 14.9 Å². The van der Waals surface area contributed by atoms with Gasteiger partial charge in [-0.1, -0.05) is 40.5 Å². The van der Waals surface area contributed by atoms with E-state index in [1.54, 1.807) is 6.92 Å². The Kier molecular flexibility index (Phi) is 7.80. The van der Waals surface area contributed by atoms with E-state index < -0.39 is 30.0 Å². The quantitative estimate of drug-likeness (QED) is 0.368. The number of carboxylic acid groups (broad SMARTS) is 1. The van der Waals surface area contributed by atoms with Crippen molar-refractivity contribution in [3.05, 3.63) is 0 Å². The fraction of sp³-hybridized carbons (Fsp3) is 0.882. The molecule has 0 spiro atoms. The number of aliphatic carboxylic acids is 1. The van der Waals surface area contributed by atoms with Gasteiger partial charge >= 0.3 is 5.97 Å². The summed E-state index contributed by atoms with van der Waals surface area (Å²) in [6, 6.07) is -2.77. The zero-order valence-corrected chi connectivity index (χ0v) is 15.6. The molecule has 0 radical (unpaired) electrons. The minimum absolute atomic E-state index is 0.0274. The summed E-state index contributed by atoms with van der Waals surface area (Å²) in [6.07, 6.45) is 2.27. The molecule has 1 rings (SSSR count). The van der Waals surface area contributed by atoms with Gasteiger partial charge in [-0.05, 0) is 24.7 Å². The molecule has 1 amide bonds. The number of likely N-dealkylation sites (tertiary alicyclic amines) is 1. The third-order valence-corrected chi connectivity index (χ3v) is 5.39. The van der Waals surface area contributed by atoms with Gasteiger partial charge in [0.1, 0.15) is 12.1 Å². The molecule has 1 aliphatic heterocycles. The van der Waals surface area contributed by atoms with Crippen molar-refractivity contribution >= 4 is 11.9 Å². The highest BCUT2D eigenvalue weighted by atomic mass is 16.5. The van der Waals surface area contributed by atoms with Crippen molar-refractivity contribution in [2.24, 2.45) is 17.6 Å². The van der Waals surface area contributed by atoms with E-state index >= 15 is 0 Å². The first-order valence-corrected chi connectivity index (χ1v) is 9.08. The third-order valence-electron chi connectivity index (χ3n) is 5.39. The number of nitrogens with one attached hydrogen (secondary N) is 1. The van der Waals surface area contributed by atoms with E-state index in [1.807, 2.05) is 20.8 Å². The molecule has 1 heterocycles. The second-order valence-electron chi connectivity index (χ2n) is 7.17. The highest BCUT2D eigenvalue weighted by Gasteiger charge is 2.47. The molecule has 5 atom stereocenters. The van der Waals surface area contributed by atoms with Crippen LogP contribution in [0, 0.1) is 11.8 Å². The maximum absolute atomic E-state index is 12.6. The van der Waals surface area contributed by atoms with Gasteiger partial charge in [-0.2, -0.15) is 0 Å². The zero-order valence-electron chi connectivity index (χ0n) is 15.6. The van der Waals surface area contributed by atoms with Crippen LogP contribution in [0.25, 0.3) is 0 Å². The average Bonchev–Trinajstić information content (AvgIpc) is 3.07. The van der Waals surface area contributed by atoms with E-state index in [2.05, 4.69) is 5.32 Å². The van der Waals surface area contributed by atoms with Gasteiger partial charge in [-0.25, -0.2) is 0 Å². The van der Waals surface area contributed by atoms with Gasteiger partial charge in [0.15, 0.2) is 0 Å². The lowest BCUT2D eigenvalue weighted by Gasteiger charge is -2.39. The molecule has 0 unspecified atom stereocenters.